The van der Waals surface area contributed by atoms with Gasteiger partial charge in [0.25, 0.3) is 0 Å². The van der Waals surface area contributed by atoms with Crippen LogP contribution in [0.3, 0.4) is 0 Å². The van der Waals surface area contributed by atoms with Crippen molar-refractivity contribution in [3.63, 3.8) is 0 Å². The molecule has 0 saturated carbocycles. The van der Waals surface area contributed by atoms with Crippen LogP contribution in [0.5, 0.6) is 0 Å². The van der Waals surface area contributed by atoms with Crippen molar-refractivity contribution in [2.24, 2.45) is 0 Å². The molecule has 0 N–H and O–H groups in total. The number of para-hydroxylation sites is 4. The highest BCUT2D eigenvalue weighted by Gasteiger charge is 2.45. The Bertz CT molecular complexity index is 4370. The van der Waals surface area contributed by atoms with Crippen LogP contribution in [0.2, 0.25) is 0 Å². The molecule has 0 unspecified atom stereocenters. The number of nitrogens with zero attached hydrogens (tertiary/aromatic N) is 3. The summed E-state index contributed by atoms with van der Waals surface area (Å²) < 4.78 is 16.6. The largest absolute Gasteiger partial charge is 0.456 e. The highest BCUT2D eigenvalue weighted by molar-refractivity contribution is 6.90. The molecular formula is C66H50BN3O2. The molecule has 5 nitrogen and oxygen atoms in total. The normalized spacial score (nSPS) is 13.4. The van der Waals surface area contributed by atoms with Gasteiger partial charge in [-0.3, -0.25) is 0 Å². The summed E-state index contributed by atoms with van der Waals surface area (Å²) in [6, 6.07) is 72.0. The van der Waals surface area contributed by atoms with Gasteiger partial charge in [-0.15, -0.1) is 0 Å². The van der Waals surface area contributed by atoms with Crippen molar-refractivity contribution in [1.82, 2.24) is 4.48 Å². The predicted molar refractivity (Wildman–Crippen MR) is 304 cm³/mol. The van der Waals surface area contributed by atoms with Crippen LogP contribution >= 0.6 is 0 Å². The number of rotatable bonds is 4. The minimum Gasteiger partial charge on any atom is -0.456 e. The lowest BCUT2D eigenvalue weighted by atomic mass is 9.45. The summed E-state index contributed by atoms with van der Waals surface area (Å²) in [5.41, 5.74) is 19.8. The predicted octanol–water partition coefficient (Wildman–Crippen LogP) is 17.2. The second kappa shape index (κ2) is 14.6. The van der Waals surface area contributed by atoms with Gasteiger partial charge in [0.2, 0.25) is 0 Å². The Morgan fingerprint density at radius 2 is 1.04 bits per heavy atom. The molecule has 6 heteroatoms. The van der Waals surface area contributed by atoms with E-state index in [1.807, 2.05) is 0 Å². The molecule has 2 aliphatic rings. The van der Waals surface area contributed by atoms with Crippen LogP contribution in [0.4, 0.5) is 34.1 Å². The standard InChI is InChI=1S/C66H50BN3O2/c1-65(2,3)41-25-29-43(30-26-41)68(44-31-27-42(28-32-44)66(4,5)6)45-33-34-54-53(37-45)67-61-52(48-20-13-19-47-51-35-39-15-7-8-16-40(39)36-56(51)70(67)62(47)48)38-59-60(50-18-10-12-24-58(50)71-59)63(61)69(54)55-22-14-21-49-46-17-9-11-23-57(46)72-64(49)55/h7-38H,1-6H3. The van der Waals surface area contributed by atoms with Gasteiger partial charge in [-0.05, 0) is 128 Å². The first-order valence-electron chi connectivity index (χ1n) is 25.3. The van der Waals surface area contributed by atoms with Crippen LogP contribution in [-0.2, 0) is 10.8 Å². The summed E-state index contributed by atoms with van der Waals surface area (Å²) in [6.45, 7) is 13.5. The smallest absolute Gasteiger partial charge is 0.333 e. The number of fused-ring (bicyclic) bond motifs is 15. The minimum absolute atomic E-state index is 0.0139. The fourth-order valence-electron chi connectivity index (χ4n) is 12.4. The van der Waals surface area contributed by atoms with Crippen molar-refractivity contribution in [3.05, 3.63) is 205 Å². The van der Waals surface area contributed by atoms with E-state index in [0.717, 1.165) is 78.0 Å². The Kier molecular flexibility index (Phi) is 8.35. The maximum atomic E-state index is 7.00. The number of hydrogen-bond donors (Lipinski definition) is 0. The molecule has 13 aromatic rings. The minimum atomic E-state index is -0.224. The molecule has 0 aliphatic carbocycles. The van der Waals surface area contributed by atoms with Crippen LogP contribution < -0.4 is 20.7 Å². The van der Waals surface area contributed by atoms with E-state index < -0.39 is 0 Å². The van der Waals surface area contributed by atoms with Gasteiger partial charge in [0.05, 0.1) is 16.8 Å². The van der Waals surface area contributed by atoms with Gasteiger partial charge in [0.1, 0.15) is 16.7 Å². The van der Waals surface area contributed by atoms with Gasteiger partial charge in [-0.1, -0.05) is 157 Å². The fraction of sp³-hybridized carbons (Fsp3) is 0.121. The van der Waals surface area contributed by atoms with E-state index in [9.17, 15) is 0 Å². The van der Waals surface area contributed by atoms with Gasteiger partial charge < -0.3 is 23.1 Å². The number of benzene rings is 10. The zero-order valence-corrected chi connectivity index (χ0v) is 41.2. The average Bonchev–Trinajstić information content (AvgIpc) is 4.07. The number of hydrogen-bond acceptors (Lipinski definition) is 4. The maximum Gasteiger partial charge on any atom is 0.333 e. The third kappa shape index (κ3) is 5.78. The molecular weight excluding hydrogens is 878 g/mol. The van der Waals surface area contributed by atoms with Crippen LogP contribution in [0.15, 0.2) is 203 Å². The Morgan fingerprint density at radius 1 is 0.444 bits per heavy atom. The summed E-state index contributed by atoms with van der Waals surface area (Å²) in [5, 5.41) is 9.31. The zero-order valence-electron chi connectivity index (χ0n) is 41.2. The number of furan rings is 2. The van der Waals surface area contributed by atoms with Crippen molar-refractivity contribution in [2.45, 2.75) is 52.4 Å². The van der Waals surface area contributed by atoms with Gasteiger partial charge in [0.15, 0.2) is 5.58 Å². The molecule has 0 bridgehead atoms. The average molecular weight is 928 g/mol. The van der Waals surface area contributed by atoms with Crippen molar-refractivity contribution >= 4 is 128 Å². The van der Waals surface area contributed by atoms with E-state index in [1.54, 1.807) is 0 Å². The first-order chi connectivity index (χ1) is 35.0. The summed E-state index contributed by atoms with van der Waals surface area (Å²) in [5.74, 6) is 0. The molecule has 5 heterocycles. The van der Waals surface area contributed by atoms with E-state index in [1.165, 1.54) is 65.8 Å². The molecule has 3 aromatic heterocycles. The molecule has 0 radical (unpaired) electrons. The maximum absolute atomic E-state index is 7.00. The fourth-order valence-corrected chi connectivity index (χ4v) is 12.4. The van der Waals surface area contributed by atoms with E-state index in [0.29, 0.717) is 0 Å². The quantitative estimate of drug-likeness (QED) is 0.165. The molecule has 2 aliphatic heterocycles. The van der Waals surface area contributed by atoms with Gasteiger partial charge in [-0.25, -0.2) is 0 Å². The SMILES string of the molecule is CC(C)(C)c1ccc(N(c2ccc(C(C)(C)C)cc2)c2ccc3c(c2)B2c4c(cc5oc6ccccc6c5c4N3c3cccc4c3oc3ccccc34)-c3cccc4c5cc6ccccc6cc5n2c34)cc1. The van der Waals surface area contributed by atoms with E-state index in [2.05, 4.69) is 250 Å². The second-order valence-corrected chi connectivity index (χ2v) is 22.1. The Hall–Kier alpha value is -8.48. The van der Waals surface area contributed by atoms with Crippen molar-refractivity contribution in [3.8, 4) is 11.1 Å². The van der Waals surface area contributed by atoms with Gasteiger partial charge in [-0.2, -0.15) is 0 Å². The highest BCUT2D eigenvalue weighted by Crippen LogP contribution is 2.52. The summed E-state index contributed by atoms with van der Waals surface area (Å²) in [4.78, 5) is 4.95. The second-order valence-electron chi connectivity index (χ2n) is 22.1. The van der Waals surface area contributed by atoms with Crippen molar-refractivity contribution < 1.29 is 8.83 Å². The van der Waals surface area contributed by atoms with Crippen LogP contribution in [0.25, 0.3) is 87.6 Å². The van der Waals surface area contributed by atoms with E-state index >= 15 is 0 Å². The zero-order chi connectivity index (χ0) is 48.4. The summed E-state index contributed by atoms with van der Waals surface area (Å²) in [6.07, 6.45) is 0. The highest BCUT2D eigenvalue weighted by atomic mass is 16.3. The molecule has 344 valence electrons. The topological polar surface area (TPSA) is 37.7 Å². The molecule has 0 amide bonds. The lowest BCUT2D eigenvalue weighted by Gasteiger charge is -2.41. The molecule has 0 fully saturated rings. The Labute approximate surface area is 418 Å². The van der Waals surface area contributed by atoms with Crippen molar-refractivity contribution in [1.29, 1.82) is 0 Å². The third-order valence-corrected chi connectivity index (χ3v) is 15.8. The molecule has 15 rings (SSSR count). The lowest BCUT2D eigenvalue weighted by Crippen LogP contribution is -2.56. The monoisotopic (exact) mass is 927 g/mol. The third-order valence-electron chi connectivity index (χ3n) is 15.8. The molecule has 72 heavy (non-hydrogen) atoms. The first-order valence-corrected chi connectivity index (χ1v) is 25.3. The summed E-state index contributed by atoms with van der Waals surface area (Å²) >= 11 is 0. The Morgan fingerprint density at radius 3 is 1.75 bits per heavy atom. The Balaban J connectivity index is 1.09. The molecule has 0 saturated heterocycles. The van der Waals surface area contributed by atoms with E-state index in [-0.39, 0.29) is 17.7 Å². The summed E-state index contributed by atoms with van der Waals surface area (Å²) in [7, 11) is 0. The number of anilines is 6. The van der Waals surface area contributed by atoms with Crippen LogP contribution in [0.1, 0.15) is 52.7 Å². The lowest BCUT2D eigenvalue weighted by molar-refractivity contribution is 0.590. The van der Waals surface area contributed by atoms with Gasteiger partial charge >= 0.3 is 6.85 Å². The van der Waals surface area contributed by atoms with E-state index in [4.69, 9.17) is 8.83 Å². The van der Waals surface area contributed by atoms with Gasteiger partial charge in [0, 0.05) is 66.3 Å². The van der Waals surface area contributed by atoms with Crippen LogP contribution in [0, 0.1) is 0 Å². The molecule has 0 atom stereocenters. The number of aromatic nitrogens is 1. The van der Waals surface area contributed by atoms with Crippen LogP contribution in [-0.4, -0.2) is 11.3 Å². The first kappa shape index (κ1) is 41.3. The molecule has 10 aromatic carbocycles. The molecule has 0 spiro atoms. The van der Waals surface area contributed by atoms with Crippen molar-refractivity contribution in [2.75, 3.05) is 9.80 Å².